The van der Waals surface area contributed by atoms with E-state index in [2.05, 4.69) is 20.8 Å². The normalized spacial score (nSPS) is 49.6. The van der Waals surface area contributed by atoms with Crippen molar-refractivity contribution in [2.24, 2.45) is 28.1 Å². The van der Waals surface area contributed by atoms with E-state index in [1.54, 1.807) is 6.08 Å². The van der Waals surface area contributed by atoms with Crippen molar-refractivity contribution in [1.82, 2.24) is 0 Å². The number of carbonyl (C=O) groups is 2. The fourth-order valence-electron chi connectivity index (χ4n) is 6.71. The molecule has 6 atom stereocenters. The molecule has 0 saturated heterocycles. The maximum atomic E-state index is 13.3. The van der Waals surface area contributed by atoms with Crippen molar-refractivity contribution in [3.05, 3.63) is 11.6 Å². The van der Waals surface area contributed by atoms with Crippen molar-refractivity contribution < 1.29 is 19.4 Å². The van der Waals surface area contributed by atoms with Crippen molar-refractivity contribution in [2.45, 2.75) is 72.0 Å². The summed E-state index contributed by atoms with van der Waals surface area (Å²) in [5.74, 6) is 0.303. The Morgan fingerprint density at radius 1 is 1.12 bits per heavy atom. The first-order chi connectivity index (χ1) is 11.1. The Kier molecular flexibility index (Phi) is 3.21. The summed E-state index contributed by atoms with van der Waals surface area (Å²) in [4.78, 5) is 25.1. The highest BCUT2D eigenvalue weighted by molar-refractivity contribution is 5.92. The fraction of sp³-hybridized carbons (Fsp3) is 0.800. The molecule has 1 aliphatic heterocycles. The molecule has 24 heavy (non-hydrogen) atoms. The first kappa shape index (κ1) is 16.3. The van der Waals surface area contributed by atoms with Crippen molar-refractivity contribution in [3.8, 4) is 0 Å². The molecule has 4 nitrogen and oxygen atoms in total. The second-order valence-electron chi connectivity index (χ2n) is 9.47. The van der Waals surface area contributed by atoms with Crippen LogP contribution in [0.1, 0.15) is 59.8 Å². The molecule has 0 amide bonds. The van der Waals surface area contributed by atoms with Gasteiger partial charge in [0.25, 0.3) is 0 Å². The molecule has 1 unspecified atom stereocenters. The van der Waals surface area contributed by atoms with Crippen LogP contribution in [-0.4, -0.2) is 29.1 Å². The van der Waals surface area contributed by atoms with Crippen LogP contribution in [0.4, 0.5) is 0 Å². The number of rotatable bonds is 0. The summed E-state index contributed by atoms with van der Waals surface area (Å²) in [7, 11) is 0. The lowest BCUT2D eigenvalue weighted by atomic mass is 9.39. The van der Waals surface area contributed by atoms with Gasteiger partial charge in [-0.05, 0) is 60.8 Å². The standard InChI is InChI=1S/C20H28O4/c1-18(2)13-10-15(22)20(4)12(19(13,3)8-7-14(18)21)6-5-11-9-16(23)24-17(11)20/h9,12-14,17,21H,5-8,10H2,1-4H3/t12-,13+,14?,17+,19-,20-/m1/s1. The molecule has 4 heteroatoms. The molecule has 0 aromatic carbocycles. The minimum Gasteiger partial charge on any atom is -0.454 e. The molecular weight excluding hydrogens is 304 g/mol. The van der Waals surface area contributed by atoms with Crippen molar-refractivity contribution in [1.29, 1.82) is 0 Å². The summed E-state index contributed by atoms with van der Waals surface area (Å²) >= 11 is 0. The number of ether oxygens (including phenoxy) is 1. The lowest BCUT2D eigenvalue weighted by Crippen LogP contribution is -2.65. The van der Waals surface area contributed by atoms with Crippen molar-refractivity contribution in [3.63, 3.8) is 0 Å². The van der Waals surface area contributed by atoms with Gasteiger partial charge in [0, 0.05) is 12.5 Å². The predicted molar refractivity (Wildman–Crippen MR) is 89.0 cm³/mol. The van der Waals surface area contributed by atoms with Crippen LogP contribution in [0.5, 0.6) is 0 Å². The number of carbonyl (C=O) groups excluding carboxylic acids is 2. The molecule has 3 saturated carbocycles. The number of aliphatic hydroxyl groups is 1. The van der Waals surface area contributed by atoms with Gasteiger partial charge >= 0.3 is 5.97 Å². The van der Waals surface area contributed by atoms with E-state index >= 15 is 0 Å². The van der Waals surface area contributed by atoms with Gasteiger partial charge in [-0.25, -0.2) is 4.79 Å². The van der Waals surface area contributed by atoms with Gasteiger partial charge < -0.3 is 9.84 Å². The molecule has 0 aromatic rings. The lowest BCUT2D eigenvalue weighted by molar-refractivity contribution is -0.199. The van der Waals surface area contributed by atoms with E-state index in [9.17, 15) is 14.7 Å². The molecule has 1 heterocycles. The van der Waals surface area contributed by atoms with Gasteiger partial charge in [-0.15, -0.1) is 0 Å². The van der Waals surface area contributed by atoms with E-state index in [1.165, 1.54) is 0 Å². The minimum atomic E-state index is -0.611. The number of ketones is 1. The van der Waals surface area contributed by atoms with Crippen LogP contribution in [-0.2, 0) is 14.3 Å². The molecule has 0 aromatic heterocycles. The third kappa shape index (κ3) is 1.78. The summed E-state index contributed by atoms with van der Waals surface area (Å²) in [5, 5.41) is 10.5. The molecule has 0 spiro atoms. The Hall–Kier alpha value is -1.16. The van der Waals surface area contributed by atoms with Gasteiger partial charge in [0.2, 0.25) is 0 Å². The Bertz CT molecular complexity index is 648. The second kappa shape index (κ2) is 4.72. The molecule has 4 rings (SSSR count). The summed E-state index contributed by atoms with van der Waals surface area (Å²) < 4.78 is 5.60. The van der Waals surface area contributed by atoms with E-state index in [0.717, 1.165) is 31.3 Å². The zero-order valence-corrected chi connectivity index (χ0v) is 15.1. The van der Waals surface area contributed by atoms with E-state index in [0.29, 0.717) is 6.42 Å². The highest BCUT2D eigenvalue weighted by atomic mass is 16.5. The molecule has 132 valence electrons. The fourth-order valence-corrected chi connectivity index (χ4v) is 6.71. The number of hydrogen-bond acceptors (Lipinski definition) is 4. The zero-order chi connectivity index (χ0) is 17.5. The molecular formula is C20H28O4. The Balaban J connectivity index is 1.80. The molecule has 3 fully saturated rings. The lowest BCUT2D eigenvalue weighted by Gasteiger charge is -2.64. The van der Waals surface area contributed by atoms with Gasteiger partial charge in [0.05, 0.1) is 11.5 Å². The molecule has 4 aliphatic rings. The average molecular weight is 332 g/mol. The smallest absolute Gasteiger partial charge is 0.331 e. The number of esters is 1. The zero-order valence-electron chi connectivity index (χ0n) is 15.1. The summed E-state index contributed by atoms with van der Waals surface area (Å²) in [6.07, 6.45) is 4.86. The van der Waals surface area contributed by atoms with E-state index in [-0.39, 0.29) is 46.6 Å². The predicted octanol–water partition coefficient (Wildman–Crippen LogP) is 3.03. The third-order valence-corrected chi connectivity index (χ3v) is 8.16. The maximum Gasteiger partial charge on any atom is 0.331 e. The summed E-state index contributed by atoms with van der Waals surface area (Å²) in [6.45, 7) is 8.56. The summed E-state index contributed by atoms with van der Waals surface area (Å²) in [6, 6.07) is 0. The quantitative estimate of drug-likeness (QED) is 0.693. The van der Waals surface area contributed by atoms with Gasteiger partial charge in [0.1, 0.15) is 11.9 Å². The van der Waals surface area contributed by atoms with E-state index < -0.39 is 5.41 Å². The first-order valence-electron chi connectivity index (χ1n) is 9.24. The van der Waals surface area contributed by atoms with Crippen LogP contribution in [0.25, 0.3) is 0 Å². The van der Waals surface area contributed by atoms with Crippen molar-refractivity contribution in [2.75, 3.05) is 0 Å². The molecule has 3 aliphatic carbocycles. The van der Waals surface area contributed by atoms with E-state index in [4.69, 9.17) is 4.74 Å². The molecule has 0 bridgehead atoms. The van der Waals surface area contributed by atoms with Gasteiger partial charge in [-0.2, -0.15) is 0 Å². The monoisotopic (exact) mass is 332 g/mol. The number of fused-ring (bicyclic) bond motifs is 5. The van der Waals surface area contributed by atoms with Gasteiger partial charge in [-0.1, -0.05) is 20.8 Å². The van der Waals surface area contributed by atoms with Crippen LogP contribution in [0, 0.1) is 28.1 Å². The topological polar surface area (TPSA) is 63.6 Å². The number of Topliss-reactive ketones (excluding diaryl/α,β-unsaturated/α-hetero) is 1. The maximum absolute atomic E-state index is 13.3. The molecule has 0 radical (unpaired) electrons. The van der Waals surface area contributed by atoms with E-state index in [1.807, 2.05) is 6.92 Å². The first-order valence-corrected chi connectivity index (χ1v) is 9.24. The largest absolute Gasteiger partial charge is 0.454 e. The number of hydrogen-bond donors (Lipinski definition) is 1. The average Bonchev–Trinajstić information content (AvgIpc) is 2.89. The van der Waals surface area contributed by atoms with Crippen LogP contribution in [0.15, 0.2) is 11.6 Å². The highest BCUT2D eigenvalue weighted by Gasteiger charge is 2.67. The second-order valence-corrected chi connectivity index (χ2v) is 9.47. The number of aliphatic hydroxyl groups excluding tert-OH is 1. The van der Waals surface area contributed by atoms with Crippen LogP contribution >= 0.6 is 0 Å². The Morgan fingerprint density at radius 2 is 1.83 bits per heavy atom. The van der Waals surface area contributed by atoms with Gasteiger partial charge in [-0.3, -0.25) is 4.79 Å². The van der Waals surface area contributed by atoms with Crippen LogP contribution < -0.4 is 0 Å². The minimum absolute atomic E-state index is 0.00587. The Labute approximate surface area is 143 Å². The molecule has 1 N–H and O–H groups in total. The van der Waals surface area contributed by atoms with Crippen molar-refractivity contribution >= 4 is 11.8 Å². The van der Waals surface area contributed by atoms with Crippen LogP contribution in [0.3, 0.4) is 0 Å². The summed E-state index contributed by atoms with van der Waals surface area (Å²) in [5.41, 5.74) is 0.141. The Morgan fingerprint density at radius 3 is 2.54 bits per heavy atom. The van der Waals surface area contributed by atoms with Crippen LogP contribution in [0.2, 0.25) is 0 Å². The SMILES string of the molecule is CC1(C)C(O)CC[C@]2(C)[C@H]3CCC4=CC(=O)O[C@@H]4[C@@]3(C)C(=O)C[C@@H]12. The van der Waals surface area contributed by atoms with Gasteiger partial charge in [0.15, 0.2) is 0 Å². The highest BCUT2D eigenvalue weighted by Crippen LogP contribution is 2.67. The third-order valence-electron chi connectivity index (χ3n) is 8.16.